The van der Waals surface area contributed by atoms with E-state index in [0.29, 0.717) is 17.3 Å². The van der Waals surface area contributed by atoms with Crippen LogP contribution in [0.3, 0.4) is 0 Å². The third kappa shape index (κ3) is 3.70. The number of aromatic nitrogens is 1. The summed E-state index contributed by atoms with van der Waals surface area (Å²) < 4.78 is 0. The number of carbonyl (C=O) groups is 1. The molecule has 1 saturated carbocycles. The molecule has 0 spiro atoms. The Hall–Kier alpha value is -1.13. The fraction of sp³-hybridized carbons (Fsp3) is 0.600. The Kier molecular flexibility index (Phi) is 5.00. The number of halogens is 1. The number of aryl methyl sites for hydroxylation is 1. The zero-order chi connectivity index (χ0) is 14.6. The quantitative estimate of drug-likeness (QED) is 0.838. The van der Waals surface area contributed by atoms with E-state index in [2.05, 4.69) is 15.6 Å². The lowest BCUT2D eigenvalue weighted by atomic mass is 9.79. The highest BCUT2D eigenvalue weighted by Crippen LogP contribution is 2.31. The van der Waals surface area contributed by atoms with Gasteiger partial charge in [0.15, 0.2) is 0 Å². The Morgan fingerprint density at radius 3 is 2.70 bits per heavy atom. The number of hydrogen-bond acceptors (Lipinski definition) is 3. The zero-order valence-electron chi connectivity index (χ0n) is 12.1. The molecule has 1 aromatic rings. The van der Waals surface area contributed by atoms with Crippen LogP contribution in [0, 0.1) is 6.92 Å². The van der Waals surface area contributed by atoms with Crippen LogP contribution >= 0.6 is 11.6 Å². The average Bonchev–Trinajstić information content (AvgIpc) is 2.44. The molecule has 0 aliphatic heterocycles. The van der Waals surface area contributed by atoms with Gasteiger partial charge in [-0.05, 0) is 38.4 Å². The Labute approximate surface area is 125 Å². The summed E-state index contributed by atoms with van der Waals surface area (Å²) in [6.07, 6.45) is 7.88. The van der Waals surface area contributed by atoms with Crippen LogP contribution in [0.5, 0.6) is 0 Å². The summed E-state index contributed by atoms with van der Waals surface area (Å²) in [5.41, 5.74) is 1.53. The van der Waals surface area contributed by atoms with Crippen LogP contribution in [0.4, 0.5) is 5.69 Å². The minimum Gasteiger partial charge on any atom is -0.325 e. The van der Waals surface area contributed by atoms with Gasteiger partial charge in [-0.15, -0.1) is 0 Å². The first-order valence-corrected chi connectivity index (χ1v) is 7.53. The van der Waals surface area contributed by atoms with Crippen molar-refractivity contribution in [3.05, 3.63) is 23.0 Å². The van der Waals surface area contributed by atoms with Gasteiger partial charge in [0.05, 0.1) is 11.9 Å². The maximum absolute atomic E-state index is 12.2. The number of carbonyl (C=O) groups excluding carboxylic acids is 1. The van der Waals surface area contributed by atoms with E-state index in [1.54, 1.807) is 6.20 Å². The van der Waals surface area contributed by atoms with E-state index in [1.165, 1.54) is 19.3 Å². The largest absolute Gasteiger partial charge is 0.325 e. The summed E-state index contributed by atoms with van der Waals surface area (Å²) in [5.74, 6) is 0.0322. The summed E-state index contributed by atoms with van der Waals surface area (Å²) in [4.78, 5) is 16.3. The molecule has 5 heteroatoms. The monoisotopic (exact) mass is 295 g/mol. The number of rotatable bonds is 4. The molecule has 0 saturated heterocycles. The van der Waals surface area contributed by atoms with Gasteiger partial charge in [-0.2, -0.15) is 0 Å². The molecular formula is C15H22ClN3O. The number of amides is 1. The third-order valence-electron chi connectivity index (χ3n) is 4.14. The highest BCUT2D eigenvalue weighted by Gasteiger charge is 2.32. The van der Waals surface area contributed by atoms with Gasteiger partial charge in [0, 0.05) is 12.0 Å². The fourth-order valence-corrected chi connectivity index (χ4v) is 2.99. The van der Waals surface area contributed by atoms with Gasteiger partial charge in [-0.3, -0.25) is 4.79 Å². The zero-order valence-corrected chi connectivity index (χ0v) is 12.9. The van der Waals surface area contributed by atoms with Crippen LogP contribution in [0.15, 0.2) is 12.3 Å². The Balaban J connectivity index is 1.98. The van der Waals surface area contributed by atoms with Gasteiger partial charge < -0.3 is 10.6 Å². The molecule has 1 aromatic heterocycles. The second-order valence-electron chi connectivity index (χ2n) is 5.65. The van der Waals surface area contributed by atoms with E-state index in [9.17, 15) is 4.79 Å². The molecular weight excluding hydrogens is 274 g/mol. The second kappa shape index (κ2) is 6.55. The fourth-order valence-electron chi connectivity index (χ4n) is 2.88. The smallest absolute Gasteiger partial charge is 0.226 e. The lowest BCUT2D eigenvalue weighted by molar-refractivity contribution is -0.117. The first-order chi connectivity index (χ1) is 9.54. The molecule has 0 unspecified atom stereocenters. The molecule has 20 heavy (non-hydrogen) atoms. The van der Waals surface area contributed by atoms with Crippen molar-refractivity contribution in [3.8, 4) is 0 Å². The van der Waals surface area contributed by atoms with Gasteiger partial charge in [0.2, 0.25) is 5.91 Å². The summed E-state index contributed by atoms with van der Waals surface area (Å²) >= 11 is 5.88. The van der Waals surface area contributed by atoms with E-state index in [-0.39, 0.29) is 11.4 Å². The minimum atomic E-state index is -0.0444. The summed E-state index contributed by atoms with van der Waals surface area (Å²) in [5, 5.41) is 6.75. The van der Waals surface area contributed by atoms with Crippen molar-refractivity contribution >= 4 is 23.2 Å². The molecule has 0 bridgehead atoms. The molecule has 1 aliphatic carbocycles. The topological polar surface area (TPSA) is 54.0 Å². The first-order valence-electron chi connectivity index (χ1n) is 7.16. The predicted molar refractivity (Wildman–Crippen MR) is 82.1 cm³/mol. The normalized spacial score (nSPS) is 17.8. The standard InChI is InChI=1S/C15H22ClN3O/c1-11-8-12(10-18-14(11)16)19-13(20)9-15(17-2)6-4-3-5-7-15/h8,10,17H,3-7,9H2,1-2H3,(H,19,20). The van der Waals surface area contributed by atoms with E-state index in [0.717, 1.165) is 18.4 Å². The van der Waals surface area contributed by atoms with Crippen molar-refractivity contribution in [1.29, 1.82) is 0 Å². The maximum Gasteiger partial charge on any atom is 0.226 e. The van der Waals surface area contributed by atoms with E-state index in [4.69, 9.17) is 11.6 Å². The van der Waals surface area contributed by atoms with Crippen LogP contribution in [0.2, 0.25) is 5.15 Å². The molecule has 2 N–H and O–H groups in total. The van der Waals surface area contributed by atoms with Crippen LogP contribution in [0.25, 0.3) is 0 Å². The van der Waals surface area contributed by atoms with Crippen LogP contribution in [-0.4, -0.2) is 23.5 Å². The molecule has 1 fully saturated rings. The van der Waals surface area contributed by atoms with Crippen LogP contribution in [0.1, 0.15) is 44.1 Å². The van der Waals surface area contributed by atoms with Crippen LogP contribution in [-0.2, 0) is 4.79 Å². The molecule has 0 radical (unpaired) electrons. The second-order valence-corrected chi connectivity index (χ2v) is 6.01. The number of anilines is 1. The molecule has 0 atom stereocenters. The number of hydrogen-bond donors (Lipinski definition) is 2. The van der Waals surface area contributed by atoms with Gasteiger partial charge in [0.1, 0.15) is 5.15 Å². The van der Waals surface area contributed by atoms with Crippen molar-refractivity contribution in [1.82, 2.24) is 10.3 Å². The van der Waals surface area contributed by atoms with Gasteiger partial charge in [0.25, 0.3) is 0 Å². The summed E-state index contributed by atoms with van der Waals surface area (Å²) in [7, 11) is 1.95. The van der Waals surface area contributed by atoms with Crippen molar-refractivity contribution < 1.29 is 4.79 Å². The highest BCUT2D eigenvalue weighted by molar-refractivity contribution is 6.30. The number of pyridine rings is 1. The molecule has 4 nitrogen and oxygen atoms in total. The SMILES string of the molecule is CNC1(CC(=O)Nc2cnc(Cl)c(C)c2)CCCCC1. The average molecular weight is 296 g/mol. The lowest BCUT2D eigenvalue weighted by Crippen LogP contribution is -2.47. The first kappa shape index (κ1) is 15.3. The molecule has 1 amide bonds. The molecule has 110 valence electrons. The van der Waals surface area contributed by atoms with E-state index >= 15 is 0 Å². The molecule has 1 aliphatic rings. The van der Waals surface area contributed by atoms with Crippen molar-refractivity contribution in [2.24, 2.45) is 0 Å². The lowest BCUT2D eigenvalue weighted by Gasteiger charge is -2.36. The Bertz CT molecular complexity index is 484. The minimum absolute atomic E-state index is 0.0322. The third-order valence-corrected chi connectivity index (χ3v) is 4.53. The number of nitrogens with one attached hydrogen (secondary N) is 2. The highest BCUT2D eigenvalue weighted by atomic mass is 35.5. The Morgan fingerprint density at radius 2 is 2.10 bits per heavy atom. The van der Waals surface area contributed by atoms with Gasteiger partial charge >= 0.3 is 0 Å². The molecule has 0 aromatic carbocycles. The maximum atomic E-state index is 12.2. The van der Waals surface area contributed by atoms with E-state index < -0.39 is 0 Å². The van der Waals surface area contributed by atoms with Crippen molar-refractivity contribution in [2.75, 3.05) is 12.4 Å². The van der Waals surface area contributed by atoms with Crippen LogP contribution < -0.4 is 10.6 Å². The van der Waals surface area contributed by atoms with Crippen molar-refractivity contribution in [3.63, 3.8) is 0 Å². The number of nitrogens with zero attached hydrogens (tertiary/aromatic N) is 1. The molecule has 1 heterocycles. The summed E-state index contributed by atoms with van der Waals surface area (Å²) in [6.45, 7) is 1.88. The van der Waals surface area contributed by atoms with Gasteiger partial charge in [-0.1, -0.05) is 30.9 Å². The predicted octanol–water partition coefficient (Wildman–Crippen LogP) is 3.29. The summed E-state index contributed by atoms with van der Waals surface area (Å²) in [6, 6.07) is 1.85. The van der Waals surface area contributed by atoms with E-state index in [1.807, 2.05) is 20.0 Å². The Morgan fingerprint density at radius 1 is 1.40 bits per heavy atom. The van der Waals surface area contributed by atoms with Crippen molar-refractivity contribution in [2.45, 2.75) is 51.0 Å². The van der Waals surface area contributed by atoms with Gasteiger partial charge in [-0.25, -0.2) is 4.98 Å². The molecule has 2 rings (SSSR count).